The van der Waals surface area contributed by atoms with E-state index in [4.69, 9.17) is 9.84 Å². The third kappa shape index (κ3) is 6.51. The fraction of sp³-hybridized carbons (Fsp3) is 0.700. The second-order valence-corrected chi connectivity index (χ2v) is 10.5. The Morgan fingerprint density at radius 2 is 2.12 bits per heavy atom. The summed E-state index contributed by atoms with van der Waals surface area (Å²) < 4.78 is 7.21. The number of ether oxygens (including phenoxy) is 1. The van der Waals surface area contributed by atoms with Crippen molar-refractivity contribution in [2.75, 3.05) is 6.61 Å². The minimum absolute atomic E-state index is 0. The van der Waals surface area contributed by atoms with Crippen LogP contribution >= 0.6 is 0 Å². The van der Waals surface area contributed by atoms with E-state index in [1.54, 1.807) is 17.1 Å². The summed E-state index contributed by atoms with van der Waals surface area (Å²) in [7, 11) is -0.992. The summed E-state index contributed by atoms with van der Waals surface area (Å²) in [6, 6.07) is 1.17. The van der Waals surface area contributed by atoms with Crippen LogP contribution in [0.2, 0.25) is 25.7 Å². The van der Waals surface area contributed by atoms with Crippen LogP contribution in [0.1, 0.15) is 5.56 Å². The zero-order valence-electron chi connectivity index (χ0n) is 10.7. The van der Waals surface area contributed by atoms with Crippen LogP contribution in [0, 0.1) is 0 Å². The zero-order chi connectivity index (χ0) is 11.3. The summed E-state index contributed by atoms with van der Waals surface area (Å²) in [6.45, 7) is 8.29. The Kier molecular flexibility index (Phi) is 7.28. The normalized spacial score (nSPS) is 11.2. The number of rotatable bonds is 6. The number of hydrogen-bond acceptors (Lipinski definition) is 3. The van der Waals surface area contributed by atoms with Crippen LogP contribution in [0.25, 0.3) is 0 Å². The summed E-state index contributed by atoms with van der Waals surface area (Å²) in [6.07, 6.45) is 3.45. The largest absolute Gasteiger partial charge is 0.392 e. The van der Waals surface area contributed by atoms with E-state index < -0.39 is 8.07 Å². The van der Waals surface area contributed by atoms with Gasteiger partial charge in [-0.15, -0.1) is 0 Å². The fourth-order valence-electron chi connectivity index (χ4n) is 1.10. The van der Waals surface area contributed by atoms with Gasteiger partial charge in [0.2, 0.25) is 0 Å². The summed E-state index contributed by atoms with van der Waals surface area (Å²) in [4.78, 5) is 0. The second-order valence-electron chi connectivity index (χ2n) is 4.89. The molecule has 0 spiro atoms. The average molecular weight is 235 g/mol. The molecule has 0 atom stereocenters. The van der Waals surface area contributed by atoms with Gasteiger partial charge in [0.1, 0.15) is 6.73 Å². The van der Waals surface area contributed by atoms with Gasteiger partial charge in [-0.05, 0) is 6.04 Å². The first-order chi connectivity index (χ1) is 7.01. The van der Waals surface area contributed by atoms with Crippen LogP contribution < -0.4 is 0 Å². The molecule has 1 radical (unpaired) electrons. The van der Waals surface area contributed by atoms with Gasteiger partial charge in [-0.2, -0.15) is 5.10 Å². The molecule has 0 aliphatic carbocycles. The molecular weight excluding hydrogens is 215 g/mol. The minimum Gasteiger partial charge on any atom is -0.392 e. The molecule has 1 rings (SSSR count). The minimum atomic E-state index is -0.992. The standard InChI is InChI=1S/C10H20N2O2Si.Li/c1-15(2,3)5-4-14-9-12-7-10(8-13)6-11-12;/h6-7,13H,4-5,8-9H2,1-3H3;. The van der Waals surface area contributed by atoms with Crippen LogP contribution in [0.5, 0.6) is 0 Å². The van der Waals surface area contributed by atoms with Crippen molar-refractivity contribution < 1.29 is 9.84 Å². The van der Waals surface area contributed by atoms with Crippen LogP contribution in [0.3, 0.4) is 0 Å². The molecule has 1 aromatic heterocycles. The smallest absolute Gasteiger partial charge is 0.139 e. The van der Waals surface area contributed by atoms with Gasteiger partial charge < -0.3 is 9.84 Å². The average Bonchev–Trinajstić information content (AvgIpc) is 2.59. The molecule has 0 aliphatic heterocycles. The van der Waals surface area contributed by atoms with E-state index in [-0.39, 0.29) is 25.5 Å². The number of aromatic nitrogens is 2. The monoisotopic (exact) mass is 235 g/mol. The van der Waals surface area contributed by atoms with Gasteiger partial charge in [-0.3, -0.25) is 0 Å². The van der Waals surface area contributed by atoms with E-state index >= 15 is 0 Å². The maximum absolute atomic E-state index is 8.84. The number of nitrogens with zero attached hydrogens (tertiary/aromatic N) is 2. The molecule has 6 heteroatoms. The Bertz CT molecular complexity index is 299. The van der Waals surface area contributed by atoms with Crippen molar-refractivity contribution in [1.82, 2.24) is 9.78 Å². The van der Waals surface area contributed by atoms with Gasteiger partial charge >= 0.3 is 0 Å². The van der Waals surface area contributed by atoms with Crippen LogP contribution in [0.15, 0.2) is 12.4 Å². The van der Waals surface area contributed by atoms with Crippen molar-refractivity contribution in [1.29, 1.82) is 0 Å². The maximum Gasteiger partial charge on any atom is 0.139 e. The molecule has 1 aromatic rings. The second kappa shape index (κ2) is 7.31. The number of aliphatic hydroxyl groups is 1. The number of hydrogen-bond donors (Lipinski definition) is 1. The van der Waals surface area contributed by atoms with E-state index in [1.165, 1.54) is 6.04 Å². The molecule has 0 amide bonds. The van der Waals surface area contributed by atoms with Gasteiger partial charge in [0.25, 0.3) is 0 Å². The molecule has 16 heavy (non-hydrogen) atoms. The van der Waals surface area contributed by atoms with Gasteiger partial charge in [0.15, 0.2) is 0 Å². The molecule has 0 saturated heterocycles. The van der Waals surface area contributed by atoms with Gasteiger partial charge in [0.05, 0.1) is 12.8 Å². The van der Waals surface area contributed by atoms with Crippen LogP contribution in [0.4, 0.5) is 0 Å². The molecule has 0 bridgehead atoms. The molecule has 0 unspecified atom stereocenters. The van der Waals surface area contributed by atoms with E-state index in [2.05, 4.69) is 24.7 Å². The SMILES string of the molecule is C[Si](C)(C)CCOCn1cc(CO)cn1.[Li]. The first-order valence-electron chi connectivity index (χ1n) is 5.21. The summed E-state index contributed by atoms with van der Waals surface area (Å²) >= 11 is 0. The Morgan fingerprint density at radius 1 is 1.44 bits per heavy atom. The van der Waals surface area contributed by atoms with Crippen molar-refractivity contribution in [3.63, 3.8) is 0 Å². The first kappa shape index (κ1) is 15.9. The molecule has 0 fully saturated rings. The van der Waals surface area contributed by atoms with Gasteiger partial charge in [-0.1, -0.05) is 19.6 Å². The molecule has 4 nitrogen and oxygen atoms in total. The molecule has 0 saturated carbocycles. The fourth-order valence-corrected chi connectivity index (χ4v) is 1.85. The van der Waals surface area contributed by atoms with Crippen molar-refractivity contribution in [3.05, 3.63) is 18.0 Å². The Hall–Kier alpha value is -0.0557. The third-order valence-corrected chi connectivity index (χ3v) is 3.79. The summed E-state index contributed by atoms with van der Waals surface area (Å²) in [5.41, 5.74) is 0.823. The molecule has 0 aromatic carbocycles. The van der Waals surface area contributed by atoms with Gasteiger partial charge in [0, 0.05) is 45.3 Å². The Morgan fingerprint density at radius 3 is 2.62 bits per heavy atom. The van der Waals surface area contributed by atoms with Crippen molar-refractivity contribution >= 4 is 26.9 Å². The third-order valence-electron chi connectivity index (χ3n) is 2.09. The first-order valence-corrected chi connectivity index (χ1v) is 8.92. The molecule has 87 valence electrons. The predicted molar refractivity (Wildman–Crippen MR) is 68.0 cm³/mol. The molecule has 1 heterocycles. The van der Waals surface area contributed by atoms with E-state index in [0.29, 0.717) is 6.73 Å². The summed E-state index contributed by atoms with van der Waals surface area (Å²) in [5.74, 6) is 0. The van der Waals surface area contributed by atoms with E-state index in [0.717, 1.165) is 12.2 Å². The van der Waals surface area contributed by atoms with Crippen LogP contribution in [-0.2, 0) is 18.1 Å². The number of aliphatic hydroxyl groups excluding tert-OH is 1. The molecule has 1 N–H and O–H groups in total. The van der Waals surface area contributed by atoms with Crippen molar-refractivity contribution in [3.8, 4) is 0 Å². The maximum atomic E-state index is 8.84. The van der Waals surface area contributed by atoms with Gasteiger partial charge in [-0.25, -0.2) is 4.68 Å². The quantitative estimate of drug-likeness (QED) is 0.597. The zero-order valence-corrected chi connectivity index (χ0v) is 11.7. The Labute approximate surface area is 110 Å². The topological polar surface area (TPSA) is 47.3 Å². The van der Waals surface area contributed by atoms with Crippen molar-refractivity contribution in [2.45, 2.75) is 39.0 Å². The molecular formula is C10H20LiN2O2Si. The van der Waals surface area contributed by atoms with Crippen molar-refractivity contribution in [2.24, 2.45) is 0 Å². The van der Waals surface area contributed by atoms with E-state index in [1.807, 2.05) is 0 Å². The summed E-state index contributed by atoms with van der Waals surface area (Å²) in [5, 5.41) is 12.9. The van der Waals surface area contributed by atoms with E-state index in [9.17, 15) is 0 Å². The predicted octanol–water partition coefficient (Wildman–Crippen LogP) is 1.31. The molecule has 0 aliphatic rings. The van der Waals surface area contributed by atoms with Crippen LogP contribution in [-0.4, -0.2) is 48.4 Å². The Balaban J connectivity index is 0.00000225.